The molecule has 3 rings (SSSR count). The molecular formula is C17H16N2O4S2. The predicted octanol–water partition coefficient (Wildman–Crippen LogP) is 3.92. The van der Waals surface area contributed by atoms with Gasteiger partial charge in [-0.15, -0.1) is 0 Å². The first-order chi connectivity index (χ1) is 12.0. The van der Waals surface area contributed by atoms with E-state index in [0.717, 1.165) is 22.5 Å². The number of hydrogen-bond acceptors (Lipinski definition) is 6. The molecule has 6 nitrogen and oxygen atoms in total. The standard InChI is InChI=1S/C17H16N2O4S2/c1-3-12-15(20)18-14(13(4-2)25-16(12)18)17(24)23-9-10-5-7-11(8-6-10)19(21)22/h3,5-8,16H,4,9H2,1-2H3/b12-3+. The number of thiocarbonyl (C=S) groups is 1. The number of fused-ring (bicyclic) bond motifs is 1. The molecular weight excluding hydrogens is 360 g/mol. The number of carbonyl (C=O) groups is 1. The molecule has 2 aliphatic heterocycles. The van der Waals surface area contributed by atoms with E-state index in [9.17, 15) is 14.9 Å². The topological polar surface area (TPSA) is 72.7 Å². The summed E-state index contributed by atoms with van der Waals surface area (Å²) in [6.45, 7) is 4.08. The number of thioether (sulfide) groups is 1. The van der Waals surface area contributed by atoms with Crippen LogP contribution in [0.25, 0.3) is 0 Å². The fraction of sp³-hybridized carbons (Fsp3) is 0.294. The molecule has 2 aliphatic rings. The summed E-state index contributed by atoms with van der Waals surface area (Å²) in [7, 11) is 0. The van der Waals surface area contributed by atoms with Gasteiger partial charge in [-0.1, -0.05) is 24.8 Å². The first-order valence-corrected chi connectivity index (χ1v) is 9.06. The van der Waals surface area contributed by atoms with E-state index in [1.54, 1.807) is 28.8 Å². The number of benzene rings is 1. The second kappa shape index (κ2) is 6.97. The lowest BCUT2D eigenvalue weighted by Gasteiger charge is -2.37. The fourth-order valence-electron chi connectivity index (χ4n) is 2.74. The highest BCUT2D eigenvalue weighted by Crippen LogP contribution is 2.50. The maximum absolute atomic E-state index is 12.3. The van der Waals surface area contributed by atoms with E-state index in [-0.39, 0.29) is 28.6 Å². The fourth-order valence-corrected chi connectivity index (χ4v) is 4.50. The van der Waals surface area contributed by atoms with Gasteiger partial charge in [0.05, 0.1) is 4.92 Å². The number of nitro groups is 1. The lowest BCUT2D eigenvalue weighted by Crippen LogP contribution is -2.51. The molecule has 0 bridgehead atoms. The van der Waals surface area contributed by atoms with Crippen LogP contribution >= 0.6 is 24.0 Å². The number of non-ortho nitro benzene ring substituents is 1. The minimum atomic E-state index is -0.447. The highest BCUT2D eigenvalue weighted by atomic mass is 32.2. The van der Waals surface area contributed by atoms with Crippen molar-refractivity contribution >= 4 is 40.6 Å². The zero-order valence-electron chi connectivity index (χ0n) is 13.7. The van der Waals surface area contributed by atoms with Crippen molar-refractivity contribution in [2.24, 2.45) is 0 Å². The maximum atomic E-state index is 12.3. The first kappa shape index (κ1) is 17.6. The van der Waals surface area contributed by atoms with E-state index in [4.69, 9.17) is 17.0 Å². The molecule has 1 aromatic rings. The van der Waals surface area contributed by atoms with Gasteiger partial charge in [0.25, 0.3) is 11.6 Å². The highest BCUT2D eigenvalue weighted by molar-refractivity contribution is 8.04. The van der Waals surface area contributed by atoms with Crippen molar-refractivity contribution in [2.75, 3.05) is 0 Å². The number of allylic oxidation sites excluding steroid dienone is 2. The summed E-state index contributed by atoms with van der Waals surface area (Å²) in [6.07, 6.45) is 2.62. The van der Waals surface area contributed by atoms with Crippen LogP contribution in [-0.4, -0.2) is 26.2 Å². The number of hydrogen-bond donors (Lipinski definition) is 0. The number of rotatable bonds is 5. The van der Waals surface area contributed by atoms with Gasteiger partial charge in [-0.25, -0.2) is 0 Å². The summed E-state index contributed by atoms with van der Waals surface area (Å²) in [4.78, 5) is 25.2. The van der Waals surface area contributed by atoms with E-state index >= 15 is 0 Å². The number of β-lactam (4-membered cyclic amide) rings is 1. The van der Waals surface area contributed by atoms with Crippen molar-refractivity contribution in [1.29, 1.82) is 0 Å². The van der Waals surface area contributed by atoms with Crippen molar-refractivity contribution < 1.29 is 14.5 Å². The molecule has 1 fully saturated rings. The normalized spacial score (nSPS) is 20.6. The zero-order chi connectivity index (χ0) is 18.1. The minimum Gasteiger partial charge on any atom is -0.477 e. The van der Waals surface area contributed by atoms with Crippen LogP contribution in [0, 0.1) is 10.1 Å². The van der Waals surface area contributed by atoms with Gasteiger partial charge in [-0.05, 0) is 43.3 Å². The summed E-state index contributed by atoms with van der Waals surface area (Å²) in [5.41, 5.74) is 2.29. The Kier molecular flexibility index (Phi) is 4.91. The van der Waals surface area contributed by atoms with Crippen molar-refractivity contribution in [3.05, 3.63) is 62.2 Å². The molecule has 0 radical (unpaired) electrons. The average molecular weight is 376 g/mol. The van der Waals surface area contributed by atoms with Crippen molar-refractivity contribution in [3.8, 4) is 0 Å². The average Bonchev–Trinajstić information content (AvgIpc) is 2.95. The van der Waals surface area contributed by atoms with E-state index in [2.05, 4.69) is 0 Å². The molecule has 1 aromatic carbocycles. The van der Waals surface area contributed by atoms with Crippen LogP contribution in [0.1, 0.15) is 25.8 Å². The van der Waals surface area contributed by atoms with E-state index in [1.807, 2.05) is 19.9 Å². The molecule has 25 heavy (non-hydrogen) atoms. The number of nitro benzene ring substituents is 1. The molecule has 1 atom stereocenters. The Bertz CT molecular complexity index is 814. The smallest absolute Gasteiger partial charge is 0.269 e. The molecule has 0 saturated carbocycles. The minimum absolute atomic E-state index is 0.00312. The van der Waals surface area contributed by atoms with Gasteiger partial charge in [-0.3, -0.25) is 19.8 Å². The third-order valence-electron chi connectivity index (χ3n) is 4.07. The molecule has 0 N–H and O–H groups in total. The lowest BCUT2D eigenvalue weighted by atomic mass is 10.0. The van der Waals surface area contributed by atoms with Crippen LogP contribution in [0.3, 0.4) is 0 Å². The Balaban J connectivity index is 1.70. The van der Waals surface area contributed by atoms with Crippen LogP contribution < -0.4 is 0 Å². The SMILES string of the molecule is C/C=C1\C(=O)N2C(C(=S)OCc3ccc([N+](=O)[O-])cc3)=C(CC)SC12. The Labute approximate surface area is 154 Å². The van der Waals surface area contributed by atoms with Gasteiger partial charge in [0.15, 0.2) is 0 Å². The quantitative estimate of drug-likeness (QED) is 0.255. The van der Waals surface area contributed by atoms with Gasteiger partial charge < -0.3 is 4.74 Å². The second-order valence-electron chi connectivity index (χ2n) is 5.51. The molecule has 0 aromatic heterocycles. The summed E-state index contributed by atoms with van der Waals surface area (Å²) in [6, 6.07) is 6.12. The molecule has 8 heteroatoms. The Hall–Kier alpha value is -2.19. The Morgan fingerprint density at radius 1 is 1.44 bits per heavy atom. The number of ether oxygens (including phenoxy) is 1. The molecule has 1 amide bonds. The third-order valence-corrected chi connectivity index (χ3v) is 5.83. The van der Waals surface area contributed by atoms with Crippen LogP contribution in [0.5, 0.6) is 0 Å². The summed E-state index contributed by atoms with van der Waals surface area (Å²) in [5, 5.41) is 11.0. The predicted molar refractivity (Wildman–Crippen MR) is 99.8 cm³/mol. The molecule has 0 spiro atoms. The molecule has 1 saturated heterocycles. The summed E-state index contributed by atoms with van der Waals surface area (Å²) in [5.74, 6) is -0.0280. The van der Waals surface area contributed by atoms with Crippen molar-refractivity contribution in [3.63, 3.8) is 0 Å². The van der Waals surface area contributed by atoms with Gasteiger partial charge in [0.2, 0.25) is 5.05 Å². The number of carbonyl (C=O) groups excluding carboxylic acids is 1. The van der Waals surface area contributed by atoms with E-state index in [0.29, 0.717) is 5.70 Å². The molecule has 0 aliphatic carbocycles. The number of amides is 1. The van der Waals surface area contributed by atoms with Crippen LogP contribution in [0.4, 0.5) is 5.69 Å². The van der Waals surface area contributed by atoms with Gasteiger partial charge in [0, 0.05) is 22.6 Å². The van der Waals surface area contributed by atoms with Gasteiger partial charge in [0.1, 0.15) is 17.7 Å². The second-order valence-corrected chi connectivity index (χ2v) is 7.06. The largest absolute Gasteiger partial charge is 0.477 e. The lowest BCUT2D eigenvalue weighted by molar-refractivity contribution is -0.384. The first-order valence-electron chi connectivity index (χ1n) is 7.78. The molecule has 2 heterocycles. The Morgan fingerprint density at radius 3 is 2.68 bits per heavy atom. The number of nitrogens with zero attached hydrogens (tertiary/aromatic N) is 2. The zero-order valence-corrected chi connectivity index (χ0v) is 15.4. The van der Waals surface area contributed by atoms with Crippen LogP contribution in [-0.2, 0) is 16.1 Å². The van der Waals surface area contributed by atoms with E-state index in [1.165, 1.54) is 12.1 Å². The van der Waals surface area contributed by atoms with Gasteiger partial charge in [-0.2, -0.15) is 0 Å². The van der Waals surface area contributed by atoms with Gasteiger partial charge >= 0.3 is 0 Å². The summed E-state index contributed by atoms with van der Waals surface area (Å²) >= 11 is 7.03. The summed E-state index contributed by atoms with van der Waals surface area (Å²) < 4.78 is 5.69. The van der Waals surface area contributed by atoms with E-state index < -0.39 is 4.92 Å². The van der Waals surface area contributed by atoms with Crippen molar-refractivity contribution in [2.45, 2.75) is 32.2 Å². The maximum Gasteiger partial charge on any atom is 0.269 e. The van der Waals surface area contributed by atoms with Crippen LogP contribution in [0.2, 0.25) is 0 Å². The highest BCUT2D eigenvalue weighted by Gasteiger charge is 2.50. The Morgan fingerprint density at radius 2 is 2.12 bits per heavy atom. The van der Waals surface area contributed by atoms with Crippen LogP contribution in [0.15, 0.2) is 46.5 Å². The monoisotopic (exact) mass is 376 g/mol. The van der Waals surface area contributed by atoms with Crippen molar-refractivity contribution in [1.82, 2.24) is 4.90 Å². The molecule has 1 unspecified atom stereocenters. The molecule has 130 valence electrons. The third kappa shape index (κ3) is 3.07.